The lowest BCUT2D eigenvalue weighted by atomic mass is 10.2. The zero-order valence-corrected chi connectivity index (χ0v) is 12.2. The van der Waals surface area contributed by atoms with E-state index in [0.29, 0.717) is 6.54 Å². The molecule has 4 heteroatoms. The molecule has 0 radical (unpaired) electrons. The normalized spacial score (nSPS) is 10.7. The molecule has 0 bridgehead atoms. The SMILES string of the molecule is Cc1ccc(CN(C)c2ccc(CN)c(Br)c2)o1. The van der Waals surface area contributed by atoms with Crippen molar-refractivity contribution in [2.45, 2.75) is 20.0 Å². The number of nitrogens with two attached hydrogens (primary N) is 1. The Labute approximate surface area is 116 Å². The fourth-order valence-corrected chi connectivity index (χ4v) is 2.36. The van der Waals surface area contributed by atoms with Crippen molar-refractivity contribution >= 4 is 21.6 Å². The minimum Gasteiger partial charge on any atom is -0.464 e. The predicted molar refractivity (Wildman–Crippen MR) is 77.6 cm³/mol. The maximum Gasteiger partial charge on any atom is 0.123 e. The zero-order valence-electron chi connectivity index (χ0n) is 10.6. The number of furan rings is 1. The van der Waals surface area contributed by atoms with Crippen LogP contribution in [0.25, 0.3) is 0 Å². The Balaban J connectivity index is 2.13. The van der Waals surface area contributed by atoms with Crippen molar-refractivity contribution in [3.63, 3.8) is 0 Å². The van der Waals surface area contributed by atoms with E-state index in [4.69, 9.17) is 10.2 Å². The second kappa shape index (κ2) is 5.59. The van der Waals surface area contributed by atoms with Gasteiger partial charge >= 0.3 is 0 Å². The van der Waals surface area contributed by atoms with Crippen molar-refractivity contribution in [3.8, 4) is 0 Å². The second-order valence-corrected chi connectivity index (χ2v) is 5.20. The molecule has 2 aromatic rings. The molecule has 96 valence electrons. The van der Waals surface area contributed by atoms with Crippen molar-refractivity contribution in [1.82, 2.24) is 0 Å². The Bertz CT molecular complexity index is 536. The summed E-state index contributed by atoms with van der Waals surface area (Å²) in [6.45, 7) is 3.25. The monoisotopic (exact) mass is 308 g/mol. The van der Waals surface area contributed by atoms with E-state index in [9.17, 15) is 0 Å². The van der Waals surface area contributed by atoms with Gasteiger partial charge in [0.1, 0.15) is 11.5 Å². The summed E-state index contributed by atoms with van der Waals surface area (Å²) < 4.78 is 6.62. The quantitative estimate of drug-likeness (QED) is 0.940. The molecule has 0 aliphatic carbocycles. The molecule has 0 unspecified atom stereocenters. The van der Waals surface area contributed by atoms with E-state index < -0.39 is 0 Å². The zero-order chi connectivity index (χ0) is 13.1. The Morgan fingerprint density at radius 2 is 2.06 bits per heavy atom. The van der Waals surface area contributed by atoms with E-state index in [1.165, 1.54) is 0 Å². The van der Waals surface area contributed by atoms with Crippen LogP contribution in [-0.4, -0.2) is 7.05 Å². The molecule has 18 heavy (non-hydrogen) atoms. The van der Waals surface area contributed by atoms with Crippen molar-refractivity contribution in [3.05, 3.63) is 51.9 Å². The first-order valence-electron chi connectivity index (χ1n) is 5.85. The van der Waals surface area contributed by atoms with Crippen LogP contribution in [0.1, 0.15) is 17.1 Å². The molecule has 1 aromatic carbocycles. The van der Waals surface area contributed by atoms with Gasteiger partial charge in [-0.15, -0.1) is 0 Å². The summed E-state index contributed by atoms with van der Waals surface area (Å²) in [6, 6.07) is 10.2. The van der Waals surface area contributed by atoms with Gasteiger partial charge < -0.3 is 15.1 Å². The standard InChI is InChI=1S/C14H17BrN2O/c1-10-3-6-13(18-10)9-17(2)12-5-4-11(8-16)14(15)7-12/h3-7H,8-9,16H2,1-2H3. The van der Waals surface area contributed by atoms with Crippen molar-refractivity contribution in [2.24, 2.45) is 5.73 Å². The van der Waals surface area contributed by atoms with Crippen LogP contribution < -0.4 is 10.6 Å². The van der Waals surface area contributed by atoms with Gasteiger partial charge in [-0.05, 0) is 36.8 Å². The summed E-state index contributed by atoms with van der Waals surface area (Å²) in [5.74, 6) is 1.91. The van der Waals surface area contributed by atoms with Crippen LogP contribution in [-0.2, 0) is 13.1 Å². The molecule has 0 aliphatic heterocycles. The highest BCUT2D eigenvalue weighted by atomic mass is 79.9. The first-order valence-corrected chi connectivity index (χ1v) is 6.64. The Kier molecular flexibility index (Phi) is 4.09. The van der Waals surface area contributed by atoms with Crippen LogP contribution in [0.15, 0.2) is 39.2 Å². The summed E-state index contributed by atoms with van der Waals surface area (Å²) in [7, 11) is 2.04. The lowest BCUT2D eigenvalue weighted by molar-refractivity contribution is 0.482. The third kappa shape index (κ3) is 2.94. The predicted octanol–water partition coefficient (Wildman–Crippen LogP) is 3.45. The summed E-state index contributed by atoms with van der Waals surface area (Å²) in [6.07, 6.45) is 0. The maximum absolute atomic E-state index is 5.64. The lowest BCUT2D eigenvalue weighted by Gasteiger charge is -2.19. The summed E-state index contributed by atoms with van der Waals surface area (Å²) in [5, 5.41) is 0. The van der Waals surface area contributed by atoms with Gasteiger partial charge in [-0.25, -0.2) is 0 Å². The van der Waals surface area contributed by atoms with Gasteiger partial charge in [0.25, 0.3) is 0 Å². The van der Waals surface area contributed by atoms with Crippen molar-refractivity contribution < 1.29 is 4.42 Å². The molecule has 1 aromatic heterocycles. The highest BCUT2D eigenvalue weighted by molar-refractivity contribution is 9.10. The number of nitrogens with zero attached hydrogens (tertiary/aromatic N) is 1. The molecule has 2 N–H and O–H groups in total. The molecule has 0 spiro atoms. The average molecular weight is 309 g/mol. The lowest BCUT2D eigenvalue weighted by Crippen LogP contribution is -2.16. The molecule has 2 rings (SSSR count). The molecule has 1 heterocycles. The molecule has 0 saturated heterocycles. The molecule has 0 aliphatic rings. The molecule has 3 nitrogen and oxygen atoms in total. The Morgan fingerprint density at radius 1 is 1.28 bits per heavy atom. The Hall–Kier alpha value is -1.26. The van der Waals surface area contributed by atoms with Crippen LogP contribution in [0.4, 0.5) is 5.69 Å². The fraction of sp³-hybridized carbons (Fsp3) is 0.286. The third-order valence-electron chi connectivity index (χ3n) is 2.89. The number of halogens is 1. The molecule has 0 amide bonds. The highest BCUT2D eigenvalue weighted by Gasteiger charge is 2.07. The summed E-state index contributed by atoms with van der Waals surface area (Å²) in [5.41, 5.74) is 7.89. The number of hydrogen-bond donors (Lipinski definition) is 1. The Morgan fingerprint density at radius 3 is 2.61 bits per heavy atom. The number of hydrogen-bond acceptors (Lipinski definition) is 3. The summed E-state index contributed by atoms with van der Waals surface area (Å²) >= 11 is 3.54. The largest absolute Gasteiger partial charge is 0.464 e. The van der Waals surface area contributed by atoms with Crippen LogP contribution in [0.5, 0.6) is 0 Å². The van der Waals surface area contributed by atoms with E-state index >= 15 is 0 Å². The smallest absolute Gasteiger partial charge is 0.123 e. The molecule has 0 fully saturated rings. The number of benzene rings is 1. The van der Waals surface area contributed by atoms with E-state index in [2.05, 4.69) is 33.0 Å². The first-order chi connectivity index (χ1) is 8.60. The average Bonchev–Trinajstić information content (AvgIpc) is 2.74. The van der Waals surface area contributed by atoms with E-state index in [-0.39, 0.29) is 0 Å². The first kappa shape index (κ1) is 13.2. The van der Waals surface area contributed by atoms with Crippen LogP contribution in [0.3, 0.4) is 0 Å². The number of aryl methyl sites for hydroxylation is 1. The minimum absolute atomic E-state index is 0.544. The van der Waals surface area contributed by atoms with E-state index in [1.807, 2.05) is 32.2 Å². The molecular formula is C14H17BrN2O. The van der Waals surface area contributed by atoms with Gasteiger partial charge in [-0.3, -0.25) is 0 Å². The van der Waals surface area contributed by atoms with Crippen molar-refractivity contribution in [1.29, 1.82) is 0 Å². The van der Waals surface area contributed by atoms with Gasteiger partial charge in [0.05, 0.1) is 6.54 Å². The molecule has 0 atom stereocenters. The van der Waals surface area contributed by atoms with Crippen LogP contribution in [0.2, 0.25) is 0 Å². The number of anilines is 1. The third-order valence-corrected chi connectivity index (χ3v) is 3.62. The molecular weight excluding hydrogens is 292 g/mol. The van der Waals surface area contributed by atoms with Gasteiger partial charge in [0.15, 0.2) is 0 Å². The number of rotatable bonds is 4. The van der Waals surface area contributed by atoms with Crippen molar-refractivity contribution in [2.75, 3.05) is 11.9 Å². The highest BCUT2D eigenvalue weighted by Crippen LogP contribution is 2.24. The van der Waals surface area contributed by atoms with Crippen LogP contribution in [0, 0.1) is 6.92 Å². The minimum atomic E-state index is 0.544. The molecule has 0 saturated carbocycles. The van der Waals surface area contributed by atoms with Crippen LogP contribution >= 0.6 is 15.9 Å². The maximum atomic E-state index is 5.64. The topological polar surface area (TPSA) is 42.4 Å². The van der Waals surface area contributed by atoms with E-state index in [1.54, 1.807) is 0 Å². The summed E-state index contributed by atoms with van der Waals surface area (Å²) in [4.78, 5) is 2.14. The fourth-order valence-electron chi connectivity index (χ4n) is 1.83. The van der Waals surface area contributed by atoms with Gasteiger partial charge in [-0.1, -0.05) is 22.0 Å². The van der Waals surface area contributed by atoms with E-state index in [0.717, 1.165) is 33.8 Å². The van der Waals surface area contributed by atoms with Gasteiger partial charge in [0, 0.05) is 23.8 Å². The second-order valence-electron chi connectivity index (χ2n) is 4.35. The van der Waals surface area contributed by atoms with Gasteiger partial charge in [0.2, 0.25) is 0 Å². The van der Waals surface area contributed by atoms with Gasteiger partial charge in [-0.2, -0.15) is 0 Å².